The molecular weight excluding hydrogens is 154 g/mol. The molecule has 1 fully saturated rings. The molecule has 0 spiro atoms. The van der Waals surface area contributed by atoms with Gasteiger partial charge in [-0.3, -0.25) is 9.69 Å². The summed E-state index contributed by atoms with van der Waals surface area (Å²) in [6, 6.07) is 0. The third-order valence-corrected chi connectivity index (χ3v) is 2.08. The van der Waals surface area contributed by atoms with Crippen LogP contribution in [-0.2, 0) is 9.53 Å². The zero-order valence-electron chi connectivity index (χ0n) is 7.88. The molecule has 1 heterocycles. The van der Waals surface area contributed by atoms with Gasteiger partial charge in [-0.15, -0.1) is 0 Å². The second-order valence-corrected chi connectivity index (χ2v) is 3.43. The largest absolute Gasteiger partial charge is 0.461 e. The van der Waals surface area contributed by atoms with Crippen LogP contribution in [0.25, 0.3) is 0 Å². The fraction of sp³-hybridized carbons (Fsp3) is 0.889. The molecule has 1 rings (SSSR count). The highest BCUT2D eigenvalue weighted by Crippen LogP contribution is 2.08. The van der Waals surface area contributed by atoms with Crippen LogP contribution in [0.2, 0.25) is 0 Å². The molecule has 70 valence electrons. The van der Waals surface area contributed by atoms with Gasteiger partial charge in [0.25, 0.3) is 0 Å². The van der Waals surface area contributed by atoms with Crippen molar-refractivity contribution in [1.29, 1.82) is 0 Å². The van der Waals surface area contributed by atoms with E-state index in [4.69, 9.17) is 4.74 Å². The van der Waals surface area contributed by atoms with Crippen LogP contribution in [0.3, 0.4) is 0 Å². The molecule has 1 unspecified atom stereocenters. The van der Waals surface area contributed by atoms with Crippen LogP contribution < -0.4 is 0 Å². The topological polar surface area (TPSA) is 29.5 Å². The molecule has 0 radical (unpaired) electrons. The lowest BCUT2D eigenvalue weighted by Crippen LogP contribution is -2.30. The minimum atomic E-state index is -0.179. The molecule has 0 aromatic carbocycles. The van der Waals surface area contributed by atoms with Gasteiger partial charge < -0.3 is 4.74 Å². The number of nitrogens with zero attached hydrogens (tertiary/aromatic N) is 1. The van der Waals surface area contributed by atoms with E-state index in [2.05, 4.69) is 4.90 Å². The van der Waals surface area contributed by atoms with Crippen molar-refractivity contribution in [3.05, 3.63) is 0 Å². The van der Waals surface area contributed by atoms with Gasteiger partial charge >= 0.3 is 5.97 Å². The molecule has 3 heteroatoms. The van der Waals surface area contributed by atoms with Crippen LogP contribution >= 0.6 is 0 Å². The van der Waals surface area contributed by atoms with Gasteiger partial charge in [0.1, 0.15) is 6.10 Å². The van der Waals surface area contributed by atoms with Crippen molar-refractivity contribution >= 4 is 5.97 Å². The van der Waals surface area contributed by atoms with Crippen molar-refractivity contribution in [2.45, 2.75) is 32.8 Å². The normalized spacial score (nSPS) is 20.8. The van der Waals surface area contributed by atoms with Crippen molar-refractivity contribution in [3.63, 3.8) is 0 Å². The molecule has 0 amide bonds. The van der Waals surface area contributed by atoms with Gasteiger partial charge in [0.15, 0.2) is 0 Å². The number of carbonyl (C=O) groups excluding carboxylic acids is 1. The Morgan fingerprint density at radius 2 is 2.08 bits per heavy atom. The number of likely N-dealkylation sites (tertiary alicyclic amines) is 1. The first-order valence-electron chi connectivity index (χ1n) is 4.58. The Morgan fingerprint density at radius 3 is 2.58 bits per heavy atom. The average Bonchev–Trinajstić information content (AvgIpc) is 2.37. The summed E-state index contributed by atoms with van der Waals surface area (Å²) >= 11 is 0. The van der Waals surface area contributed by atoms with E-state index in [1.54, 1.807) is 0 Å². The minimum Gasteiger partial charge on any atom is -0.461 e. The van der Waals surface area contributed by atoms with Gasteiger partial charge in [0, 0.05) is 13.5 Å². The lowest BCUT2D eigenvalue weighted by Gasteiger charge is -2.19. The van der Waals surface area contributed by atoms with Crippen molar-refractivity contribution < 1.29 is 9.53 Å². The Hall–Kier alpha value is -0.570. The van der Waals surface area contributed by atoms with Gasteiger partial charge in [0.05, 0.1) is 0 Å². The van der Waals surface area contributed by atoms with Crippen molar-refractivity contribution in [2.24, 2.45) is 0 Å². The van der Waals surface area contributed by atoms with Crippen LogP contribution in [-0.4, -0.2) is 36.6 Å². The van der Waals surface area contributed by atoms with E-state index >= 15 is 0 Å². The van der Waals surface area contributed by atoms with Crippen LogP contribution in [0.4, 0.5) is 0 Å². The number of hydrogen-bond acceptors (Lipinski definition) is 3. The van der Waals surface area contributed by atoms with Gasteiger partial charge in [-0.05, 0) is 32.9 Å². The Morgan fingerprint density at radius 1 is 1.50 bits per heavy atom. The monoisotopic (exact) mass is 171 g/mol. The molecule has 0 aromatic heterocycles. The molecule has 0 bridgehead atoms. The Balaban J connectivity index is 2.16. The van der Waals surface area contributed by atoms with Crippen LogP contribution in [0.5, 0.6) is 0 Å². The first-order chi connectivity index (χ1) is 5.68. The number of carbonyl (C=O) groups is 1. The summed E-state index contributed by atoms with van der Waals surface area (Å²) in [5.74, 6) is -0.179. The summed E-state index contributed by atoms with van der Waals surface area (Å²) in [6.45, 7) is 6.61. The molecular formula is C9H17NO2. The molecule has 3 nitrogen and oxygen atoms in total. The van der Waals surface area contributed by atoms with E-state index in [0.717, 1.165) is 19.6 Å². The second-order valence-electron chi connectivity index (χ2n) is 3.43. The minimum absolute atomic E-state index is 0.0422. The summed E-state index contributed by atoms with van der Waals surface area (Å²) in [6.07, 6.45) is 2.61. The molecule has 1 aliphatic heterocycles. The summed E-state index contributed by atoms with van der Waals surface area (Å²) in [5.41, 5.74) is 0. The third-order valence-electron chi connectivity index (χ3n) is 2.08. The van der Waals surface area contributed by atoms with Gasteiger partial charge in [-0.2, -0.15) is 0 Å². The van der Waals surface area contributed by atoms with Gasteiger partial charge in [-0.1, -0.05) is 0 Å². The molecule has 0 N–H and O–H groups in total. The quantitative estimate of drug-likeness (QED) is 0.594. The van der Waals surface area contributed by atoms with Crippen molar-refractivity contribution in [2.75, 3.05) is 19.6 Å². The summed E-state index contributed by atoms with van der Waals surface area (Å²) in [5, 5.41) is 0. The fourth-order valence-electron chi connectivity index (χ4n) is 1.65. The maximum absolute atomic E-state index is 10.6. The van der Waals surface area contributed by atoms with E-state index in [-0.39, 0.29) is 12.1 Å². The maximum Gasteiger partial charge on any atom is 0.302 e. The van der Waals surface area contributed by atoms with E-state index in [1.807, 2.05) is 6.92 Å². The van der Waals surface area contributed by atoms with Crippen LogP contribution in [0.15, 0.2) is 0 Å². The standard InChI is InChI=1S/C9H17NO2/c1-8(12-9(2)11)7-10-5-3-4-6-10/h8H,3-7H2,1-2H3. The smallest absolute Gasteiger partial charge is 0.302 e. The first kappa shape index (κ1) is 9.52. The SMILES string of the molecule is CC(=O)OC(C)CN1CCCC1. The number of esters is 1. The molecule has 0 aromatic rings. The van der Waals surface area contributed by atoms with Gasteiger partial charge in [0.2, 0.25) is 0 Å². The highest BCUT2D eigenvalue weighted by Gasteiger charge is 2.15. The van der Waals surface area contributed by atoms with Crippen LogP contribution in [0.1, 0.15) is 26.7 Å². The second kappa shape index (κ2) is 4.45. The zero-order chi connectivity index (χ0) is 8.97. The highest BCUT2D eigenvalue weighted by atomic mass is 16.5. The lowest BCUT2D eigenvalue weighted by molar-refractivity contribution is -0.146. The number of ether oxygens (including phenoxy) is 1. The van der Waals surface area contributed by atoms with E-state index < -0.39 is 0 Å². The molecule has 1 saturated heterocycles. The molecule has 0 aliphatic carbocycles. The number of hydrogen-bond donors (Lipinski definition) is 0. The predicted octanol–water partition coefficient (Wildman–Crippen LogP) is 1.03. The van der Waals surface area contributed by atoms with E-state index in [1.165, 1.54) is 19.8 Å². The summed E-state index contributed by atoms with van der Waals surface area (Å²) in [4.78, 5) is 12.9. The Labute approximate surface area is 73.7 Å². The summed E-state index contributed by atoms with van der Waals surface area (Å²) < 4.78 is 5.03. The first-order valence-corrected chi connectivity index (χ1v) is 4.58. The van der Waals surface area contributed by atoms with Crippen molar-refractivity contribution in [3.8, 4) is 0 Å². The van der Waals surface area contributed by atoms with Crippen LogP contribution in [0, 0.1) is 0 Å². The maximum atomic E-state index is 10.6. The number of rotatable bonds is 3. The van der Waals surface area contributed by atoms with Gasteiger partial charge in [-0.25, -0.2) is 0 Å². The molecule has 1 atom stereocenters. The molecule has 12 heavy (non-hydrogen) atoms. The fourth-order valence-corrected chi connectivity index (χ4v) is 1.65. The summed E-state index contributed by atoms with van der Waals surface area (Å²) in [7, 11) is 0. The highest BCUT2D eigenvalue weighted by molar-refractivity contribution is 5.66. The Bertz CT molecular complexity index is 153. The van der Waals surface area contributed by atoms with E-state index in [0.29, 0.717) is 0 Å². The van der Waals surface area contributed by atoms with E-state index in [9.17, 15) is 4.79 Å². The lowest BCUT2D eigenvalue weighted by atomic mass is 10.4. The molecule has 1 aliphatic rings. The average molecular weight is 171 g/mol. The zero-order valence-corrected chi connectivity index (χ0v) is 7.88. The predicted molar refractivity (Wildman–Crippen MR) is 46.9 cm³/mol. The van der Waals surface area contributed by atoms with Crippen molar-refractivity contribution in [1.82, 2.24) is 4.90 Å². The third kappa shape index (κ3) is 3.22. The molecule has 0 saturated carbocycles. The Kier molecular flexibility index (Phi) is 3.53.